The molecule has 0 aliphatic heterocycles. The summed E-state index contributed by atoms with van der Waals surface area (Å²) in [4.78, 5) is 13.7. The predicted octanol–water partition coefficient (Wildman–Crippen LogP) is -2.28. The van der Waals surface area contributed by atoms with Gasteiger partial charge < -0.3 is 10.6 Å². The zero-order chi connectivity index (χ0) is 6.69. The summed E-state index contributed by atoms with van der Waals surface area (Å²) < 4.78 is 9.03. The Kier molecular flexibility index (Phi) is 4.34. The average Bonchev–Trinajstić information content (AvgIpc) is 2.15. The molecule has 1 rings (SSSR count). The SMILES string of the molecule is CC(=O)Oc1ncco1.[H-].[Na+]. The molecule has 0 saturated heterocycles. The van der Waals surface area contributed by atoms with Crippen molar-refractivity contribution in [1.29, 1.82) is 0 Å². The number of aromatic nitrogens is 1. The fourth-order valence-corrected chi connectivity index (χ4v) is 0.384. The van der Waals surface area contributed by atoms with Gasteiger partial charge in [0.25, 0.3) is 0 Å². The first-order chi connectivity index (χ1) is 4.29. The van der Waals surface area contributed by atoms with Crippen LogP contribution in [0, 0.1) is 0 Å². The average molecular weight is 151 g/mol. The zero-order valence-corrected chi connectivity index (χ0v) is 7.83. The molecule has 0 saturated carbocycles. The van der Waals surface area contributed by atoms with Gasteiger partial charge in [0.15, 0.2) is 0 Å². The van der Waals surface area contributed by atoms with Crippen molar-refractivity contribution in [2.45, 2.75) is 6.92 Å². The maximum atomic E-state index is 10.2. The van der Waals surface area contributed by atoms with Crippen LogP contribution in [0.3, 0.4) is 0 Å². The Morgan fingerprint density at radius 2 is 2.60 bits per heavy atom. The number of oxazole rings is 1. The molecule has 0 spiro atoms. The fraction of sp³-hybridized carbons (Fsp3) is 0.200. The number of hydrogen-bond donors (Lipinski definition) is 0. The van der Waals surface area contributed by atoms with Gasteiger partial charge in [0, 0.05) is 6.92 Å². The first-order valence-corrected chi connectivity index (χ1v) is 2.37. The van der Waals surface area contributed by atoms with Crippen molar-refractivity contribution in [3.8, 4) is 6.08 Å². The van der Waals surface area contributed by atoms with Gasteiger partial charge >= 0.3 is 41.6 Å². The molecule has 0 N–H and O–H groups in total. The van der Waals surface area contributed by atoms with E-state index in [4.69, 9.17) is 0 Å². The Bertz CT molecular complexity index is 202. The molecule has 4 nitrogen and oxygen atoms in total. The minimum absolute atomic E-state index is 0. The van der Waals surface area contributed by atoms with Crippen LogP contribution in [0.15, 0.2) is 16.9 Å². The van der Waals surface area contributed by atoms with E-state index in [-0.39, 0.29) is 37.1 Å². The molecule has 0 aliphatic carbocycles. The molecule has 0 amide bonds. The van der Waals surface area contributed by atoms with Crippen LogP contribution in [-0.2, 0) is 4.79 Å². The van der Waals surface area contributed by atoms with Gasteiger partial charge in [0.1, 0.15) is 6.26 Å². The molecule has 0 atom stereocenters. The molecule has 0 fully saturated rings. The molecule has 5 heteroatoms. The van der Waals surface area contributed by atoms with Crippen LogP contribution in [-0.4, -0.2) is 11.0 Å². The Morgan fingerprint density at radius 3 is 3.00 bits per heavy atom. The second kappa shape index (κ2) is 4.49. The summed E-state index contributed by atoms with van der Waals surface area (Å²) >= 11 is 0. The molecule has 0 aliphatic rings. The van der Waals surface area contributed by atoms with Crippen molar-refractivity contribution in [3.63, 3.8) is 0 Å². The summed E-state index contributed by atoms with van der Waals surface area (Å²) in [6.45, 7) is 1.28. The molecule has 1 heterocycles. The maximum absolute atomic E-state index is 10.2. The van der Waals surface area contributed by atoms with E-state index in [1.54, 1.807) is 0 Å². The largest absolute Gasteiger partial charge is 1.00 e. The summed E-state index contributed by atoms with van der Waals surface area (Å²) in [5.41, 5.74) is 0. The van der Waals surface area contributed by atoms with Crippen molar-refractivity contribution in [1.82, 2.24) is 4.98 Å². The molecule has 50 valence electrons. The zero-order valence-electron chi connectivity index (χ0n) is 6.83. The monoisotopic (exact) mass is 151 g/mol. The Morgan fingerprint density at radius 1 is 1.90 bits per heavy atom. The topological polar surface area (TPSA) is 52.3 Å². The van der Waals surface area contributed by atoms with E-state index in [9.17, 15) is 4.79 Å². The van der Waals surface area contributed by atoms with Gasteiger partial charge in [-0.15, -0.1) is 0 Å². The number of carbonyl (C=O) groups excluding carboxylic acids is 1. The van der Waals surface area contributed by atoms with Crippen molar-refractivity contribution >= 4 is 5.97 Å². The second-order valence-electron chi connectivity index (χ2n) is 1.39. The number of esters is 1. The molecule has 0 radical (unpaired) electrons. The number of rotatable bonds is 1. The van der Waals surface area contributed by atoms with Crippen LogP contribution >= 0.6 is 0 Å². The second-order valence-corrected chi connectivity index (χ2v) is 1.39. The van der Waals surface area contributed by atoms with Crippen molar-refractivity contribution in [3.05, 3.63) is 12.5 Å². The van der Waals surface area contributed by atoms with E-state index in [0.29, 0.717) is 0 Å². The molecule has 0 unspecified atom stereocenters. The Balaban J connectivity index is 0. The van der Waals surface area contributed by atoms with Crippen molar-refractivity contribution in [2.24, 2.45) is 0 Å². The van der Waals surface area contributed by atoms with Crippen LogP contribution in [0.1, 0.15) is 8.35 Å². The third-order valence-electron chi connectivity index (χ3n) is 0.641. The van der Waals surface area contributed by atoms with Gasteiger partial charge in [-0.1, -0.05) is 0 Å². The van der Waals surface area contributed by atoms with E-state index in [0.717, 1.165) is 0 Å². The molecule has 1 aromatic heterocycles. The molecule has 10 heavy (non-hydrogen) atoms. The van der Waals surface area contributed by atoms with Gasteiger partial charge in [-0.2, -0.15) is 4.98 Å². The molecule has 0 bridgehead atoms. The first kappa shape index (κ1) is 9.68. The van der Waals surface area contributed by atoms with E-state index in [1.165, 1.54) is 19.4 Å². The molecule has 1 aromatic rings. The summed E-state index contributed by atoms with van der Waals surface area (Å²) in [7, 11) is 0. The summed E-state index contributed by atoms with van der Waals surface area (Å²) in [5, 5.41) is 0. The number of carbonyl (C=O) groups is 1. The van der Waals surface area contributed by atoms with Crippen LogP contribution in [0.4, 0.5) is 0 Å². The van der Waals surface area contributed by atoms with Gasteiger partial charge in [0.2, 0.25) is 0 Å². The maximum Gasteiger partial charge on any atom is 1.00 e. The minimum atomic E-state index is -0.433. The van der Waals surface area contributed by atoms with Crippen LogP contribution in [0.5, 0.6) is 6.08 Å². The van der Waals surface area contributed by atoms with Crippen LogP contribution < -0.4 is 34.3 Å². The normalized spacial score (nSPS) is 8.10. The first-order valence-electron chi connectivity index (χ1n) is 2.37. The standard InChI is InChI=1S/C5H5NO3.Na.H/c1-4(7)9-5-6-2-3-8-5;;/h2-3H,1H3;;/q;+1;-1. The van der Waals surface area contributed by atoms with Gasteiger partial charge in [0.05, 0.1) is 6.20 Å². The van der Waals surface area contributed by atoms with Gasteiger partial charge in [-0.3, -0.25) is 4.79 Å². The third kappa shape index (κ3) is 3.00. The van der Waals surface area contributed by atoms with Crippen LogP contribution in [0.25, 0.3) is 0 Å². The van der Waals surface area contributed by atoms with Crippen molar-refractivity contribution < 1.29 is 44.9 Å². The Hall–Kier alpha value is -0.320. The van der Waals surface area contributed by atoms with Crippen molar-refractivity contribution in [2.75, 3.05) is 0 Å². The fourth-order valence-electron chi connectivity index (χ4n) is 0.384. The third-order valence-corrected chi connectivity index (χ3v) is 0.641. The smallest absolute Gasteiger partial charge is 1.00 e. The van der Waals surface area contributed by atoms with Gasteiger partial charge in [-0.25, -0.2) is 0 Å². The number of nitrogens with zero attached hydrogens (tertiary/aromatic N) is 1. The minimum Gasteiger partial charge on any atom is -1.00 e. The van der Waals surface area contributed by atoms with Crippen LogP contribution in [0.2, 0.25) is 0 Å². The summed E-state index contributed by atoms with van der Waals surface area (Å²) in [6.07, 6.45) is 2.72. The van der Waals surface area contributed by atoms with E-state index < -0.39 is 5.97 Å². The number of hydrogen-bond acceptors (Lipinski definition) is 4. The van der Waals surface area contributed by atoms with Gasteiger partial charge in [-0.05, 0) is 0 Å². The quantitative estimate of drug-likeness (QED) is 0.335. The molecular weight excluding hydrogens is 145 g/mol. The number of ether oxygens (including phenoxy) is 1. The predicted molar refractivity (Wildman–Crippen MR) is 28.9 cm³/mol. The van der Waals surface area contributed by atoms with E-state index >= 15 is 0 Å². The molecular formula is C5H6NNaO3. The Labute approximate surface area is 81.3 Å². The van der Waals surface area contributed by atoms with E-state index in [1.807, 2.05) is 0 Å². The van der Waals surface area contributed by atoms with E-state index in [2.05, 4.69) is 14.1 Å². The summed E-state index contributed by atoms with van der Waals surface area (Å²) in [5.74, 6) is -0.433. The molecule has 0 aromatic carbocycles. The summed E-state index contributed by atoms with van der Waals surface area (Å²) in [6, 6.07) is 0.